The van der Waals surface area contributed by atoms with E-state index in [9.17, 15) is 0 Å². The van der Waals surface area contributed by atoms with E-state index in [0.29, 0.717) is 17.9 Å². The number of hydrogen-bond acceptors (Lipinski definition) is 3. The van der Waals surface area contributed by atoms with Crippen molar-refractivity contribution in [1.82, 2.24) is 0 Å². The van der Waals surface area contributed by atoms with Crippen molar-refractivity contribution in [3.63, 3.8) is 0 Å². The first-order chi connectivity index (χ1) is 7.79. The quantitative estimate of drug-likeness (QED) is 0.837. The van der Waals surface area contributed by atoms with Gasteiger partial charge >= 0.3 is 0 Å². The monoisotopic (exact) mass is 281 g/mol. The molecule has 1 saturated heterocycles. The van der Waals surface area contributed by atoms with Crippen LogP contribution in [-0.2, 0) is 4.74 Å². The molecule has 84 valence electrons. The zero-order valence-electron chi connectivity index (χ0n) is 8.78. The summed E-state index contributed by atoms with van der Waals surface area (Å²) >= 11 is 3.33. The van der Waals surface area contributed by atoms with Crippen LogP contribution in [0, 0.1) is 11.3 Å². The molecular formula is C12H12BrNO2. The van der Waals surface area contributed by atoms with Gasteiger partial charge in [0.15, 0.2) is 0 Å². The van der Waals surface area contributed by atoms with Gasteiger partial charge in [-0.25, -0.2) is 0 Å². The van der Waals surface area contributed by atoms with Crippen molar-refractivity contribution < 1.29 is 9.47 Å². The van der Waals surface area contributed by atoms with Gasteiger partial charge in [0.1, 0.15) is 17.9 Å². The van der Waals surface area contributed by atoms with Crippen LogP contribution in [-0.4, -0.2) is 19.3 Å². The lowest BCUT2D eigenvalue weighted by molar-refractivity contribution is 0.00731. The molecular weight excluding hydrogens is 270 g/mol. The topological polar surface area (TPSA) is 42.2 Å². The minimum Gasteiger partial charge on any atom is -0.487 e. The molecule has 1 fully saturated rings. The standard InChI is InChI=1S/C12H12BrNO2/c13-10-3-4-12(9(6-10)7-14)16-11-2-1-5-15-8-11/h3-4,6,11H,1-2,5,8H2. The van der Waals surface area contributed by atoms with Crippen molar-refractivity contribution in [3.8, 4) is 11.8 Å². The molecule has 1 aromatic rings. The second-order valence-corrected chi connectivity index (χ2v) is 4.62. The fourth-order valence-corrected chi connectivity index (χ4v) is 2.04. The average molecular weight is 282 g/mol. The Labute approximate surface area is 103 Å². The Morgan fingerprint density at radius 3 is 3.06 bits per heavy atom. The minimum absolute atomic E-state index is 0.0713. The molecule has 0 saturated carbocycles. The second kappa shape index (κ2) is 5.33. The van der Waals surface area contributed by atoms with E-state index in [-0.39, 0.29) is 6.10 Å². The third-order valence-electron chi connectivity index (χ3n) is 2.47. The van der Waals surface area contributed by atoms with E-state index < -0.39 is 0 Å². The first kappa shape index (κ1) is 11.4. The van der Waals surface area contributed by atoms with Crippen LogP contribution in [0.5, 0.6) is 5.75 Å². The summed E-state index contributed by atoms with van der Waals surface area (Å²) in [6.07, 6.45) is 2.08. The van der Waals surface area contributed by atoms with Gasteiger partial charge in [-0.1, -0.05) is 15.9 Å². The molecule has 1 unspecified atom stereocenters. The number of benzene rings is 1. The lowest BCUT2D eigenvalue weighted by atomic mass is 10.1. The first-order valence-corrected chi connectivity index (χ1v) is 6.03. The predicted octanol–water partition coefficient (Wildman–Crippen LogP) is 2.88. The lowest BCUT2D eigenvalue weighted by Gasteiger charge is -2.23. The summed E-state index contributed by atoms with van der Waals surface area (Å²) in [5.74, 6) is 0.640. The first-order valence-electron chi connectivity index (χ1n) is 5.23. The number of halogens is 1. The number of nitriles is 1. The van der Waals surface area contributed by atoms with Crippen molar-refractivity contribution in [2.45, 2.75) is 18.9 Å². The maximum absolute atomic E-state index is 8.99. The van der Waals surface area contributed by atoms with Crippen molar-refractivity contribution in [2.75, 3.05) is 13.2 Å². The number of rotatable bonds is 2. The highest BCUT2D eigenvalue weighted by Gasteiger charge is 2.16. The summed E-state index contributed by atoms with van der Waals surface area (Å²) in [5.41, 5.74) is 0.556. The van der Waals surface area contributed by atoms with Crippen LogP contribution in [0.2, 0.25) is 0 Å². The lowest BCUT2D eigenvalue weighted by Crippen LogP contribution is -2.28. The molecule has 16 heavy (non-hydrogen) atoms. The molecule has 4 heteroatoms. The Balaban J connectivity index is 2.11. The van der Waals surface area contributed by atoms with Crippen molar-refractivity contribution in [1.29, 1.82) is 5.26 Å². The van der Waals surface area contributed by atoms with Gasteiger partial charge in [-0.15, -0.1) is 0 Å². The van der Waals surface area contributed by atoms with E-state index in [4.69, 9.17) is 14.7 Å². The van der Waals surface area contributed by atoms with E-state index in [1.54, 1.807) is 6.07 Å². The second-order valence-electron chi connectivity index (χ2n) is 3.71. The Morgan fingerprint density at radius 1 is 1.50 bits per heavy atom. The molecule has 0 radical (unpaired) electrons. The third kappa shape index (κ3) is 2.75. The molecule has 0 amide bonds. The van der Waals surface area contributed by atoms with E-state index >= 15 is 0 Å². The third-order valence-corrected chi connectivity index (χ3v) is 2.97. The van der Waals surface area contributed by atoms with Gasteiger partial charge in [0.2, 0.25) is 0 Å². The summed E-state index contributed by atoms with van der Waals surface area (Å²) in [4.78, 5) is 0. The van der Waals surface area contributed by atoms with Gasteiger partial charge in [0.25, 0.3) is 0 Å². The van der Waals surface area contributed by atoms with Gasteiger partial charge < -0.3 is 9.47 Å². The van der Waals surface area contributed by atoms with Crippen LogP contribution in [0.1, 0.15) is 18.4 Å². The smallest absolute Gasteiger partial charge is 0.137 e. The molecule has 1 aliphatic rings. The SMILES string of the molecule is N#Cc1cc(Br)ccc1OC1CCCOC1. The number of ether oxygens (including phenoxy) is 2. The predicted molar refractivity (Wildman–Crippen MR) is 63.3 cm³/mol. The molecule has 0 spiro atoms. The maximum Gasteiger partial charge on any atom is 0.137 e. The fraction of sp³-hybridized carbons (Fsp3) is 0.417. The van der Waals surface area contributed by atoms with Gasteiger partial charge in [0.05, 0.1) is 12.2 Å². The molecule has 3 nitrogen and oxygen atoms in total. The summed E-state index contributed by atoms with van der Waals surface area (Å²) in [5, 5.41) is 8.99. The van der Waals surface area contributed by atoms with Crippen LogP contribution < -0.4 is 4.74 Å². The highest BCUT2D eigenvalue weighted by Crippen LogP contribution is 2.24. The fourth-order valence-electron chi connectivity index (χ4n) is 1.68. The van der Waals surface area contributed by atoms with Crippen molar-refractivity contribution in [2.24, 2.45) is 0 Å². The van der Waals surface area contributed by atoms with E-state index in [2.05, 4.69) is 22.0 Å². The van der Waals surface area contributed by atoms with Gasteiger partial charge in [-0.3, -0.25) is 0 Å². The molecule has 1 atom stereocenters. The van der Waals surface area contributed by atoms with Crippen LogP contribution >= 0.6 is 15.9 Å². The van der Waals surface area contributed by atoms with E-state index in [0.717, 1.165) is 23.9 Å². The molecule has 1 aromatic carbocycles. The Hall–Kier alpha value is -1.05. The Bertz CT molecular complexity index is 408. The maximum atomic E-state index is 8.99. The molecule has 0 N–H and O–H groups in total. The molecule has 2 rings (SSSR count). The van der Waals surface area contributed by atoms with E-state index in [1.165, 1.54) is 0 Å². The van der Waals surface area contributed by atoms with Crippen LogP contribution in [0.25, 0.3) is 0 Å². The van der Waals surface area contributed by atoms with Gasteiger partial charge in [-0.2, -0.15) is 5.26 Å². The molecule has 0 aromatic heterocycles. The molecule has 1 heterocycles. The summed E-state index contributed by atoms with van der Waals surface area (Å²) in [6, 6.07) is 7.58. The zero-order chi connectivity index (χ0) is 11.4. The average Bonchev–Trinajstić information content (AvgIpc) is 2.33. The minimum atomic E-state index is 0.0713. The van der Waals surface area contributed by atoms with Crippen LogP contribution in [0.4, 0.5) is 0 Å². The van der Waals surface area contributed by atoms with Crippen molar-refractivity contribution >= 4 is 15.9 Å². The van der Waals surface area contributed by atoms with Crippen LogP contribution in [0.3, 0.4) is 0 Å². The highest BCUT2D eigenvalue weighted by atomic mass is 79.9. The normalized spacial score (nSPS) is 20.1. The highest BCUT2D eigenvalue weighted by molar-refractivity contribution is 9.10. The largest absolute Gasteiger partial charge is 0.487 e. The summed E-state index contributed by atoms with van der Waals surface area (Å²) in [6.45, 7) is 1.42. The van der Waals surface area contributed by atoms with Gasteiger partial charge in [-0.05, 0) is 31.0 Å². The van der Waals surface area contributed by atoms with Crippen LogP contribution in [0.15, 0.2) is 22.7 Å². The molecule has 0 aliphatic carbocycles. The Morgan fingerprint density at radius 2 is 2.38 bits per heavy atom. The van der Waals surface area contributed by atoms with Gasteiger partial charge in [0, 0.05) is 11.1 Å². The molecule has 0 bridgehead atoms. The summed E-state index contributed by atoms with van der Waals surface area (Å²) < 4.78 is 12.0. The Kier molecular flexibility index (Phi) is 3.81. The number of hydrogen-bond donors (Lipinski definition) is 0. The zero-order valence-corrected chi connectivity index (χ0v) is 10.4. The van der Waals surface area contributed by atoms with Crippen molar-refractivity contribution in [3.05, 3.63) is 28.2 Å². The molecule has 1 aliphatic heterocycles. The number of nitrogens with zero attached hydrogens (tertiary/aromatic N) is 1. The van der Waals surface area contributed by atoms with E-state index in [1.807, 2.05) is 12.1 Å². The summed E-state index contributed by atoms with van der Waals surface area (Å²) in [7, 11) is 0.